The van der Waals surface area contributed by atoms with Gasteiger partial charge in [0.2, 0.25) is 0 Å². The van der Waals surface area contributed by atoms with E-state index in [0.717, 1.165) is 4.90 Å². The lowest BCUT2D eigenvalue weighted by Gasteiger charge is -2.29. The summed E-state index contributed by atoms with van der Waals surface area (Å²) in [6, 6.07) is 9.62. The van der Waals surface area contributed by atoms with Crippen LogP contribution in [0.3, 0.4) is 0 Å². The van der Waals surface area contributed by atoms with Gasteiger partial charge in [-0.05, 0) is 29.3 Å². The van der Waals surface area contributed by atoms with Crippen LogP contribution in [0.4, 0.5) is 20.6 Å². The molecular formula is C21H19FN4O5. The van der Waals surface area contributed by atoms with E-state index in [0.29, 0.717) is 43.1 Å². The highest BCUT2D eigenvalue weighted by Crippen LogP contribution is 2.24. The average molecular weight is 426 g/mol. The number of urea groups is 1. The maximum atomic E-state index is 14.6. The lowest BCUT2D eigenvalue weighted by molar-refractivity contribution is -0.384. The van der Waals surface area contributed by atoms with Crippen LogP contribution in [0.25, 0.3) is 6.08 Å². The van der Waals surface area contributed by atoms with E-state index in [9.17, 15) is 24.1 Å². The van der Waals surface area contributed by atoms with Gasteiger partial charge in [-0.25, -0.2) is 9.18 Å². The zero-order valence-electron chi connectivity index (χ0n) is 16.4. The standard InChI is InChI=1S/C21H19FN4O5/c22-17-11-15(3-6-19(17)24-7-9-31-10-8-24)12-18-20(27)25(21(28)23-18)13-14-1-4-16(5-2-14)26(29)30/h1-6,11-12H,7-10,13H2,(H,23,28)/b18-12-. The molecule has 2 fully saturated rings. The van der Waals surface area contributed by atoms with Gasteiger partial charge in [-0.3, -0.25) is 19.8 Å². The van der Waals surface area contributed by atoms with Crippen molar-refractivity contribution >= 4 is 29.4 Å². The molecule has 31 heavy (non-hydrogen) atoms. The van der Waals surface area contributed by atoms with Gasteiger partial charge in [0.05, 0.1) is 30.4 Å². The Morgan fingerprint density at radius 1 is 1.13 bits per heavy atom. The number of benzene rings is 2. The molecule has 3 amide bonds. The van der Waals surface area contributed by atoms with Crippen molar-refractivity contribution in [2.24, 2.45) is 0 Å². The van der Waals surface area contributed by atoms with Gasteiger partial charge in [0, 0.05) is 25.2 Å². The van der Waals surface area contributed by atoms with Gasteiger partial charge >= 0.3 is 6.03 Å². The summed E-state index contributed by atoms with van der Waals surface area (Å²) < 4.78 is 19.9. The number of carbonyl (C=O) groups is 2. The molecule has 2 aliphatic rings. The van der Waals surface area contributed by atoms with Crippen LogP contribution < -0.4 is 10.2 Å². The first kappa shape index (κ1) is 20.5. The fourth-order valence-electron chi connectivity index (χ4n) is 3.46. The fraction of sp³-hybridized carbons (Fsp3) is 0.238. The third kappa shape index (κ3) is 4.38. The van der Waals surface area contributed by atoms with E-state index < -0.39 is 22.7 Å². The highest BCUT2D eigenvalue weighted by Gasteiger charge is 2.33. The molecule has 0 radical (unpaired) electrons. The van der Waals surface area contributed by atoms with E-state index in [-0.39, 0.29) is 17.9 Å². The summed E-state index contributed by atoms with van der Waals surface area (Å²) in [5.41, 5.74) is 1.42. The minimum absolute atomic E-state index is 0.0328. The van der Waals surface area contributed by atoms with Crippen LogP contribution in [-0.2, 0) is 16.1 Å². The number of anilines is 1. The summed E-state index contributed by atoms with van der Waals surface area (Å²) in [7, 11) is 0. The van der Waals surface area contributed by atoms with Gasteiger partial charge in [0.25, 0.3) is 11.6 Å². The molecular weight excluding hydrogens is 407 g/mol. The van der Waals surface area contributed by atoms with Crippen molar-refractivity contribution in [2.45, 2.75) is 6.54 Å². The number of imide groups is 1. The van der Waals surface area contributed by atoms with Gasteiger partial charge in [0.15, 0.2) is 0 Å². The number of hydrogen-bond acceptors (Lipinski definition) is 6. The Morgan fingerprint density at radius 3 is 2.48 bits per heavy atom. The highest BCUT2D eigenvalue weighted by molar-refractivity contribution is 6.13. The molecule has 4 rings (SSSR count). The second-order valence-electron chi connectivity index (χ2n) is 7.11. The Bertz CT molecular complexity index is 1060. The molecule has 0 saturated carbocycles. The zero-order valence-corrected chi connectivity index (χ0v) is 16.4. The molecule has 0 bridgehead atoms. The number of ether oxygens (including phenoxy) is 1. The molecule has 0 unspecified atom stereocenters. The van der Waals surface area contributed by atoms with Gasteiger partial charge in [0.1, 0.15) is 11.5 Å². The van der Waals surface area contributed by atoms with E-state index in [1.165, 1.54) is 36.4 Å². The van der Waals surface area contributed by atoms with Crippen molar-refractivity contribution in [3.8, 4) is 0 Å². The van der Waals surface area contributed by atoms with Crippen LogP contribution in [-0.4, -0.2) is 48.1 Å². The van der Waals surface area contributed by atoms with Gasteiger partial charge in [-0.1, -0.05) is 18.2 Å². The summed E-state index contributed by atoms with van der Waals surface area (Å²) in [5, 5.41) is 13.2. The smallest absolute Gasteiger partial charge is 0.329 e. The minimum atomic E-state index is -0.611. The summed E-state index contributed by atoms with van der Waals surface area (Å²) in [6.07, 6.45) is 1.42. The first-order valence-electron chi connectivity index (χ1n) is 9.62. The van der Waals surface area contributed by atoms with Crippen molar-refractivity contribution < 1.29 is 23.6 Å². The number of halogens is 1. The fourth-order valence-corrected chi connectivity index (χ4v) is 3.46. The number of non-ortho nitro benzene ring substituents is 1. The molecule has 10 heteroatoms. The molecule has 2 heterocycles. The van der Waals surface area contributed by atoms with Crippen LogP contribution in [0.1, 0.15) is 11.1 Å². The van der Waals surface area contributed by atoms with Gasteiger partial charge in [-0.15, -0.1) is 0 Å². The molecule has 2 aromatic carbocycles. The Hall–Kier alpha value is -3.79. The Balaban J connectivity index is 1.48. The third-order valence-electron chi connectivity index (χ3n) is 5.08. The maximum Gasteiger partial charge on any atom is 0.329 e. The minimum Gasteiger partial charge on any atom is -0.378 e. The normalized spacial score (nSPS) is 17.9. The average Bonchev–Trinajstić information content (AvgIpc) is 3.02. The van der Waals surface area contributed by atoms with E-state index in [4.69, 9.17) is 4.74 Å². The maximum absolute atomic E-state index is 14.6. The van der Waals surface area contributed by atoms with Crippen molar-refractivity contribution in [1.29, 1.82) is 0 Å². The monoisotopic (exact) mass is 426 g/mol. The number of morpholine rings is 1. The zero-order chi connectivity index (χ0) is 22.0. The van der Waals surface area contributed by atoms with Crippen LogP contribution in [0.15, 0.2) is 48.2 Å². The molecule has 9 nitrogen and oxygen atoms in total. The summed E-state index contributed by atoms with van der Waals surface area (Å²) in [6.45, 7) is 2.24. The van der Waals surface area contributed by atoms with Gasteiger partial charge in [-0.2, -0.15) is 0 Å². The number of amides is 3. The Kier molecular flexibility index (Phi) is 5.63. The number of nitro benzene ring substituents is 1. The number of carbonyl (C=O) groups excluding carboxylic acids is 2. The quantitative estimate of drug-likeness (QED) is 0.341. The van der Waals surface area contributed by atoms with Crippen LogP contribution >= 0.6 is 0 Å². The number of nitrogens with zero attached hydrogens (tertiary/aromatic N) is 3. The molecule has 1 N–H and O–H groups in total. The molecule has 2 aromatic rings. The molecule has 0 atom stereocenters. The molecule has 0 aromatic heterocycles. The van der Waals surface area contributed by atoms with Crippen molar-refractivity contribution in [3.05, 3.63) is 75.2 Å². The van der Waals surface area contributed by atoms with Crippen molar-refractivity contribution in [1.82, 2.24) is 10.2 Å². The lowest BCUT2D eigenvalue weighted by atomic mass is 10.1. The first-order chi connectivity index (χ1) is 14.9. The molecule has 0 aliphatic carbocycles. The van der Waals surface area contributed by atoms with Crippen LogP contribution in [0.5, 0.6) is 0 Å². The SMILES string of the molecule is O=C1N/C(=C\c2ccc(N3CCOCC3)c(F)c2)C(=O)N1Cc1ccc([N+](=O)[O-])cc1. The van der Waals surface area contributed by atoms with Crippen molar-refractivity contribution in [2.75, 3.05) is 31.2 Å². The first-order valence-corrected chi connectivity index (χ1v) is 9.62. The number of hydrogen-bond donors (Lipinski definition) is 1. The molecule has 2 saturated heterocycles. The van der Waals surface area contributed by atoms with Crippen LogP contribution in [0.2, 0.25) is 0 Å². The van der Waals surface area contributed by atoms with Crippen molar-refractivity contribution in [3.63, 3.8) is 0 Å². The number of nitrogens with one attached hydrogen (secondary N) is 1. The van der Waals surface area contributed by atoms with E-state index >= 15 is 0 Å². The summed E-state index contributed by atoms with van der Waals surface area (Å²) in [5.74, 6) is -0.975. The van der Waals surface area contributed by atoms with E-state index in [1.807, 2.05) is 4.90 Å². The molecule has 160 valence electrons. The van der Waals surface area contributed by atoms with Gasteiger partial charge < -0.3 is 15.0 Å². The predicted molar refractivity (Wildman–Crippen MR) is 110 cm³/mol. The second-order valence-corrected chi connectivity index (χ2v) is 7.11. The Labute approximate surface area is 176 Å². The highest BCUT2D eigenvalue weighted by atomic mass is 19.1. The molecule has 2 aliphatic heterocycles. The lowest BCUT2D eigenvalue weighted by Crippen LogP contribution is -2.36. The topological polar surface area (TPSA) is 105 Å². The number of nitro groups is 1. The Morgan fingerprint density at radius 2 is 1.84 bits per heavy atom. The number of rotatable bonds is 5. The second kappa shape index (κ2) is 8.52. The van der Waals surface area contributed by atoms with Crippen LogP contribution in [0, 0.1) is 15.9 Å². The third-order valence-corrected chi connectivity index (χ3v) is 5.08. The largest absolute Gasteiger partial charge is 0.378 e. The molecule has 0 spiro atoms. The van der Waals surface area contributed by atoms with E-state index in [2.05, 4.69) is 5.32 Å². The summed E-state index contributed by atoms with van der Waals surface area (Å²) >= 11 is 0. The predicted octanol–water partition coefficient (Wildman–Crippen LogP) is 2.66. The summed E-state index contributed by atoms with van der Waals surface area (Å²) in [4.78, 5) is 38.0. The van der Waals surface area contributed by atoms with E-state index in [1.54, 1.807) is 12.1 Å².